The summed E-state index contributed by atoms with van der Waals surface area (Å²) in [4.78, 5) is 26.4. The van der Waals surface area contributed by atoms with E-state index < -0.39 is 0 Å². The van der Waals surface area contributed by atoms with Gasteiger partial charge in [-0.1, -0.05) is 36.4 Å². The van der Waals surface area contributed by atoms with Gasteiger partial charge in [-0.15, -0.1) is 0 Å². The van der Waals surface area contributed by atoms with Crippen LogP contribution in [0, 0.1) is 13.8 Å². The highest BCUT2D eigenvalue weighted by Crippen LogP contribution is 2.28. The average Bonchev–Trinajstić information content (AvgIpc) is 3.45. The summed E-state index contributed by atoms with van der Waals surface area (Å²) >= 11 is 0. The summed E-state index contributed by atoms with van der Waals surface area (Å²) in [6.45, 7) is 3.91. The molecule has 1 aliphatic carbocycles. The zero-order valence-electron chi connectivity index (χ0n) is 16.4. The number of hydrogen-bond acceptors (Lipinski definition) is 4. The molecule has 2 aromatic heterocycles. The number of nitrogens with one attached hydrogen (secondary N) is 1. The lowest BCUT2D eigenvalue weighted by molar-refractivity contribution is 0.0951. The van der Waals surface area contributed by atoms with Crippen molar-refractivity contribution in [1.29, 1.82) is 0 Å². The van der Waals surface area contributed by atoms with Crippen LogP contribution in [-0.4, -0.2) is 31.5 Å². The Morgan fingerprint density at radius 3 is 2.62 bits per heavy atom. The molecule has 0 spiro atoms. The van der Waals surface area contributed by atoms with Crippen LogP contribution in [-0.2, 0) is 0 Å². The van der Waals surface area contributed by atoms with E-state index in [0.717, 1.165) is 46.5 Å². The van der Waals surface area contributed by atoms with Crippen LogP contribution in [0.25, 0.3) is 28.1 Å². The van der Waals surface area contributed by atoms with Crippen molar-refractivity contribution < 1.29 is 4.79 Å². The molecule has 2 heterocycles. The van der Waals surface area contributed by atoms with Crippen molar-refractivity contribution >= 4 is 17.1 Å². The molecule has 1 amide bonds. The summed E-state index contributed by atoms with van der Waals surface area (Å²) in [7, 11) is 0. The fraction of sp³-hybridized carbons (Fsp3) is 0.217. The van der Waals surface area contributed by atoms with E-state index in [1.807, 2.05) is 66.9 Å². The summed E-state index contributed by atoms with van der Waals surface area (Å²) in [6, 6.07) is 16.1. The summed E-state index contributed by atoms with van der Waals surface area (Å²) in [5.41, 5.74) is 5.88. The predicted octanol–water partition coefficient (Wildman–Crippen LogP) is 3.99. The number of benzene rings is 2. The van der Waals surface area contributed by atoms with Crippen molar-refractivity contribution in [2.24, 2.45) is 0 Å². The third-order valence-corrected chi connectivity index (χ3v) is 5.20. The maximum Gasteiger partial charge on any atom is 0.251 e. The summed E-state index contributed by atoms with van der Waals surface area (Å²) < 4.78 is 1.94. The van der Waals surface area contributed by atoms with Crippen LogP contribution in [0.1, 0.15) is 34.6 Å². The van der Waals surface area contributed by atoms with E-state index in [1.165, 1.54) is 0 Å². The molecular formula is C23H21N5O. The van der Waals surface area contributed by atoms with Crippen LogP contribution in [0.15, 0.2) is 54.9 Å². The Labute approximate surface area is 168 Å². The van der Waals surface area contributed by atoms with E-state index in [1.54, 1.807) is 6.33 Å². The molecule has 5 rings (SSSR count). The molecule has 0 radical (unpaired) electrons. The SMILES string of the molecule is Cc1nc(-c2ccccc2)c2ncn(-c3cc(C(=O)NC4CC4)ccc3C)c2n1. The maximum absolute atomic E-state index is 12.5. The zero-order chi connectivity index (χ0) is 20.0. The van der Waals surface area contributed by atoms with Gasteiger partial charge in [0, 0.05) is 17.2 Å². The van der Waals surface area contributed by atoms with Crippen molar-refractivity contribution in [3.05, 3.63) is 71.8 Å². The molecule has 6 heteroatoms. The van der Waals surface area contributed by atoms with Crippen molar-refractivity contribution in [3.63, 3.8) is 0 Å². The molecule has 2 aromatic carbocycles. The lowest BCUT2D eigenvalue weighted by Gasteiger charge is -2.11. The van der Waals surface area contributed by atoms with Gasteiger partial charge in [-0.3, -0.25) is 9.36 Å². The lowest BCUT2D eigenvalue weighted by Crippen LogP contribution is -2.25. The van der Waals surface area contributed by atoms with E-state index in [0.29, 0.717) is 17.4 Å². The average molecular weight is 383 g/mol. The quantitative estimate of drug-likeness (QED) is 0.578. The fourth-order valence-electron chi connectivity index (χ4n) is 3.49. The number of fused-ring (bicyclic) bond motifs is 1. The number of carbonyl (C=O) groups is 1. The Balaban J connectivity index is 1.64. The van der Waals surface area contributed by atoms with E-state index in [4.69, 9.17) is 0 Å². The predicted molar refractivity (Wildman–Crippen MR) is 112 cm³/mol. The van der Waals surface area contributed by atoms with Crippen molar-refractivity contribution in [2.75, 3.05) is 0 Å². The lowest BCUT2D eigenvalue weighted by atomic mass is 10.1. The standard InChI is InChI=1S/C23H21N5O/c1-14-8-9-17(23(29)27-18-10-11-18)12-19(14)28-13-24-21-20(16-6-4-3-5-7-16)25-15(2)26-22(21)28/h3-9,12-13,18H,10-11H2,1-2H3,(H,27,29). The Bertz CT molecular complexity index is 1220. The minimum atomic E-state index is -0.0334. The largest absolute Gasteiger partial charge is 0.349 e. The van der Waals surface area contributed by atoms with Crippen molar-refractivity contribution in [3.8, 4) is 16.9 Å². The second kappa shape index (κ2) is 6.81. The van der Waals surface area contributed by atoms with Crippen LogP contribution in [0.2, 0.25) is 0 Å². The van der Waals surface area contributed by atoms with E-state index in [-0.39, 0.29) is 5.91 Å². The molecule has 6 nitrogen and oxygen atoms in total. The van der Waals surface area contributed by atoms with Gasteiger partial charge in [0.2, 0.25) is 0 Å². The number of rotatable bonds is 4. The minimum Gasteiger partial charge on any atom is -0.349 e. The Hall–Kier alpha value is -3.54. The highest BCUT2D eigenvalue weighted by Gasteiger charge is 2.24. The van der Waals surface area contributed by atoms with Crippen LogP contribution in [0.4, 0.5) is 0 Å². The Morgan fingerprint density at radius 1 is 1.07 bits per heavy atom. The number of hydrogen-bond donors (Lipinski definition) is 1. The van der Waals surface area contributed by atoms with E-state index in [2.05, 4.69) is 20.3 Å². The minimum absolute atomic E-state index is 0.0334. The fourth-order valence-corrected chi connectivity index (χ4v) is 3.49. The van der Waals surface area contributed by atoms with Crippen LogP contribution < -0.4 is 5.32 Å². The molecule has 144 valence electrons. The van der Waals surface area contributed by atoms with E-state index in [9.17, 15) is 4.79 Å². The molecule has 0 saturated heterocycles. The van der Waals surface area contributed by atoms with E-state index >= 15 is 0 Å². The van der Waals surface area contributed by atoms with Gasteiger partial charge in [-0.25, -0.2) is 15.0 Å². The van der Waals surface area contributed by atoms with Crippen LogP contribution >= 0.6 is 0 Å². The molecule has 4 aromatic rings. The number of imidazole rings is 1. The number of amides is 1. The first-order valence-electron chi connectivity index (χ1n) is 9.79. The number of nitrogens with zero attached hydrogens (tertiary/aromatic N) is 4. The first kappa shape index (κ1) is 17.6. The third-order valence-electron chi connectivity index (χ3n) is 5.20. The third kappa shape index (κ3) is 3.27. The topological polar surface area (TPSA) is 72.7 Å². The molecule has 0 aliphatic heterocycles. The molecule has 1 saturated carbocycles. The van der Waals surface area contributed by atoms with Crippen LogP contribution in [0.5, 0.6) is 0 Å². The molecule has 1 N–H and O–H groups in total. The first-order chi connectivity index (χ1) is 14.1. The molecular weight excluding hydrogens is 362 g/mol. The van der Waals surface area contributed by atoms with Gasteiger partial charge in [0.1, 0.15) is 23.4 Å². The monoisotopic (exact) mass is 383 g/mol. The van der Waals surface area contributed by atoms with Gasteiger partial charge in [0.15, 0.2) is 5.65 Å². The second-order valence-electron chi connectivity index (χ2n) is 7.52. The smallest absolute Gasteiger partial charge is 0.251 e. The summed E-state index contributed by atoms with van der Waals surface area (Å²) in [5.74, 6) is 0.646. The van der Waals surface area contributed by atoms with Crippen molar-refractivity contribution in [1.82, 2.24) is 24.8 Å². The van der Waals surface area contributed by atoms with Gasteiger partial charge in [-0.05, 0) is 44.4 Å². The molecule has 1 aliphatic rings. The van der Waals surface area contributed by atoms with Gasteiger partial charge in [0.05, 0.1) is 5.69 Å². The highest BCUT2D eigenvalue weighted by molar-refractivity contribution is 5.95. The number of carbonyl (C=O) groups excluding carboxylic acids is 1. The number of aromatic nitrogens is 4. The van der Waals surface area contributed by atoms with Gasteiger partial charge in [-0.2, -0.15) is 0 Å². The highest BCUT2D eigenvalue weighted by atomic mass is 16.1. The summed E-state index contributed by atoms with van der Waals surface area (Å²) in [5, 5.41) is 3.05. The second-order valence-corrected chi connectivity index (χ2v) is 7.52. The summed E-state index contributed by atoms with van der Waals surface area (Å²) in [6.07, 6.45) is 3.89. The van der Waals surface area contributed by atoms with Crippen molar-refractivity contribution in [2.45, 2.75) is 32.7 Å². The molecule has 29 heavy (non-hydrogen) atoms. The Kier molecular flexibility index (Phi) is 4.12. The molecule has 0 atom stereocenters. The van der Waals surface area contributed by atoms with Gasteiger partial charge in [0.25, 0.3) is 5.91 Å². The molecule has 0 bridgehead atoms. The van der Waals surface area contributed by atoms with Gasteiger partial charge >= 0.3 is 0 Å². The molecule has 1 fully saturated rings. The zero-order valence-corrected chi connectivity index (χ0v) is 16.4. The van der Waals surface area contributed by atoms with Crippen LogP contribution in [0.3, 0.4) is 0 Å². The normalized spacial score (nSPS) is 13.6. The first-order valence-corrected chi connectivity index (χ1v) is 9.79. The Morgan fingerprint density at radius 2 is 1.86 bits per heavy atom. The maximum atomic E-state index is 12.5. The van der Waals surface area contributed by atoms with Gasteiger partial charge < -0.3 is 5.32 Å². The number of aryl methyl sites for hydroxylation is 2. The molecule has 0 unspecified atom stereocenters.